The summed E-state index contributed by atoms with van der Waals surface area (Å²) in [5.74, 6) is -0.657. The summed E-state index contributed by atoms with van der Waals surface area (Å²) in [7, 11) is -3.35. The molecule has 1 amide bonds. The summed E-state index contributed by atoms with van der Waals surface area (Å²) in [5, 5.41) is 4.86. The first kappa shape index (κ1) is 21.6. The van der Waals surface area contributed by atoms with Gasteiger partial charge in [0.25, 0.3) is 5.91 Å². The van der Waals surface area contributed by atoms with Gasteiger partial charge in [0.15, 0.2) is 21.7 Å². The highest BCUT2D eigenvalue weighted by Crippen LogP contribution is 2.35. The zero-order chi connectivity index (χ0) is 22.9. The van der Waals surface area contributed by atoms with Crippen molar-refractivity contribution in [3.63, 3.8) is 0 Å². The molecule has 3 aromatic rings. The quantitative estimate of drug-likeness (QED) is 0.596. The molecule has 1 N–H and O–H groups in total. The number of nitrogens with zero attached hydrogens (tertiary/aromatic N) is 2. The van der Waals surface area contributed by atoms with Crippen molar-refractivity contribution in [2.75, 3.05) is 6.26 Å². The molecule has 6 nitrogen and oxygen atoms in total. The van der Waals surface area contributed by atoms with Crippen LogP contribution in [-0.2, 0) is 14.6 Å². The van der Waals surface area contributed by atoms with Gasteiger partial charge < -0.3 is 0 Å². The van der Waals surface area contributed by atoms with Gasteiger partial charge in [0.2, 0.25) is 0 Å². The van der Waals surface area contributed by atoms with Crippen LogP contribution in [0.25, 0.3) is 5.57 Å². The Morgan fingerprint density at radius 3 is 2.06 bits per heavy atom. The molecule has 0 aliphatic carbocycles. The maximum absolute atomic E-state index is 13.6. The third-order valence-corrected chi connectivity index (χ3v) is 6.15. The first-order chi connectivity index (χ1) is 15.2. The van der Waals surface area contributed by atoms with E-state index in [0.29, 0.717) is 28.1 Å². The molecule has 1 atom stereocenters. The zero-order valence-corrected chi connectivity index (χ0v) is 18.3. The van der Waals surface area contributed by atoms with Gasteiger partial charge in [0, 0.05) is 30.9 Å². The fraction of sp³-hybridized carbons (Fsp3) is 0.0833. The van der Waals surface area contributed by atoms with Crippen LogP contribution >= 0.6 is 0 Å². The number of hydrogen-bond donors (Lipinski definition) is 1. The smallest absolute Gasteiger partial charge is 0.264 e. The standard InChI is InChI=1S/C24H20FN3O3S/c1-17(29)26-28(21-6-4-3-5-7-21)16-23(18-8-12-20(25)13-9-18)24(27-28)19-10-14-22(15-11-19)32(2,30)31/h3-16H,1-2H3/p+1. The molecule has 1 aliphatic rings. The van der Waals surface area contributed by atoms with Gasteiger partial charge in [-0.15, -0.1) is 0 Å². The fourth-order valence-corrected chi connectivity index (χ4v) is 4.18. The maximum atomic E-state index is 13.6. The Morgan fingerprint density at radius 1 is 0.906 bits per heavy atom. The molecule has 0 spiro atoms. The number of hydrogen-bond acceptors (Lipinski definition) is 4. The van der Waals surface area contributed by atoms with Crippen molar-refractivity contribution >= 4 is 32.7 Å². The molecule has 4 rings (SSSR count). The number of halogens is 1. The first-order valence-corrected chi connectivity index (χ1v) is 11.7. The molecule has 0 aromatic heterocycles. The SMILES string of the molecule is CC(=O)N[N+]1(c2ccccc2)C=C(c2ccc(F)cc2)C(c2ccc(S(C)(=O)=O)cc2)=N1. The van der Waals surface area contributed by atoms with Crippen molar-refractivity contribution in [3.8, 4) is 0 Å². The van der Waals surface area contributed by atoms with E-state index in [1.165, 1.54) is 31.2 Å². The summed E-state index contributed by atoms with van der Waals surface area (Å²) >= 11 is 0. The second-order valence-corrected chi connectivity index (χ2v) is 9.50. The summed E-state index contributed by atoms with van der Waals surface area (Å²) in [6, 6.07) is 21.6. The Hall–Kier alpha value is -3.62. The number of quaternary nitrogens is 1. The Balaban J connectivity index is 1.93. The van der Waals surface area contributed by atoms with E-state index < -0.39 is 9.84 Å². The highest BCUT2D eigenvalue weighted by molar-refractivity contribution is 7.90. The monoisotopic (exact) mass is 450 g/mol. The molecule has 0 saturated heterocycles. The van der Waals surface area contributed by atoms with Gasteiger partial charge in [-0.3, -0.25) is 4.79 Å². The lowest BCUT2D eigenvalue weighted by atomic mass is 9.97. The van der Waals surface area contributed by atoms with Crippen LogP contribution in [0.2, 0.25) is 0 Å². The summed E-state index contributed by atoms with van der Waals surface area (Å²) < 4.78 is 37.0. The molecule has 0 saturated carbocycles. The predicted molar refractivity (Wildman–Crippen MR) is 123 cm³/mol. The average molecular weight is 451 g/mol. The lowest BCUT2D eigenvalue weighted by Gasteiger charge is -2.24. The summed E-state index contributed by atoms with van der Waals surface area (Å²) in [4.78, 5) is 12.3. The Bertz CT molecular complexity index is 1330. The average Bonchev–Trinajstić information content (AvgIpc) is 3.14. The maximum Gasteiger partial charge on any atom is 0.264 e. The van der Waals surface area contributed by atoms with Gasteiger partial charge >= 0.3 is 0 Å². The largest absolute Gasteiger partial charge is 0.270 e. The van der Waals surface area contributed by atoms with E-state index in [0.717, 1.165) is 6.26 Å². The van der Waals surface area contributed by atoms with Crippen molar-refractivity contribution in [1.29, 1.82) is 0 Å². The van der Waals surface area contributed by atoms with E-state index >= 15 is 0 Å². The fourth-order valence-electron chi connectivity index (χ4n) is 3.55. The minimum atomic E-state index is -3.35. The molecule has 0 radical (unpaired) electrons. The summed E-state index contributed by atoms with van der Waals surface area (Å²) in [5.41, 5.74) is 6.16. The minimum Gasteiger partial charge on any atom is -0.270 e. The number of allylic oxidation sites excluding steroid dienone is 1. The first-order valence-electron chi connectivity index (χ1n) is 9.81. The van der Waals surface area contributed by atoms with Gasteiger partial charge in [-0.05, 0) is 39.6 Å². The molecule has 3 aromatic carbocycles. The molecule has 1 unspecified atom stereocenters. The van der Waals surface area contributed by atoms with E-state index in [1.54, 1.807) is 30.5 Å². The van der Waals surface area contributed by atoms with E-state index in [4.69, 9.17) is 5.10 Å². The van der Waals surface area contributed by atoms with E-state index in [1.807, 2.05) is 30.3 Å². The Kier molecular flexibility index (Phi) is 5.50. The molecule has 0 bridgehead atoms. The van der Waals surface area contributed by atoms with Crippen LogP contribution in [0.1, 0.15) is 18.1 Å². The molecule has 1 heterocycles. The van der Waals surface area contributed by atoms with E-state index in [-0.39, 0.29) is 21.3 Å². The highest BCUT2D eigenvalue weighted by Gasteiger charge is 2.40. The number of nitrogens with one attached hydrogen (secondary N) is 1. The van der Waals surface area contributed by atoms with Crippen molar-refractivity contribution in [2.24, 2.45) is 5.10 Å². The van der Waals surface area contributed by atoms with Crippen LogP contribution in [0.15, 0.2) is 95.1 Å². The summed E-state index contributed by atoms with van der Waals surface area (Å²) in [6.45, 7) is 1.41. The molecule has 162 valence electrons. The number of carbonyl (C=O) groups is 1. The topological polar surface area (TPSA) is 75.6 Å². The summed E-state index contributed by atoms with van der Waals surface area (Å²) in [6.07, 6.45) is 2.93. The van der Waals surface area contributed by atoms with E-state index in [9.17, 15) is 17.6 Å². The molecule has 8 heteroatoms. The van der Waals surface area contributed by atoms with Crippen LogP contribution in [0.4, 0.5) is 10.1 Å². The van der Waals surface area contributed by atoms with Crippen molar-refractivity contribution < 1.29 is 17.6 Å². The van der Waals surface area contributed by atoms with Gasteiger partial charge in [-0.2, -0.15) is 5.43 Å². The van der Waals surface area contributed by atoms with Gasteiger partial charge in [-0.25, -0.2) is 12.8 Å². The number of carbonyl (C=O) groups excluding carboxylic acids is 1. The number of rotatable bonds is 5. The Labute approximate surface area is 185 Å². The Morgan fingerprint density at radius 2 is 1.50 bits per heavy atom. The lowest BCUT2D eigenvalue weighted by molar-refractivity contribution is -0.122. The zero-order valence-electron chi connectivity index (χ0n) is 17.5. The van der Waals surface area contributed by atoms with Crippen LogP contribution in [0.5, 0.6) is 0 Å². The van der Waals surface area contributed by atoms with Crippen LogP contribution in [0.3, 0.4) is 0 Å². The molecule has 32 heavy (non-hydrogen) atoms. The minimum absolute atomic E-state index is 0.192. The van der Waals surface area contributed by atoms with Gasteiger partial charge in [0.1, 0.15) is 11.5 Å². The van der Waals surface area contributed by atoms with Crippen LogP contribution in [0, 0.1) is 5.82 Å². The second kappa shape index (κ2) is 8.14. The van der Waals surface area contributed by atoms with Crippen molar-refractivity contribution in [1.82, 2.24) is 10.1 Å². The molecular weight excluding hydrogens is 429 g/mol. The second-order valence-electron chi connectivity index (χ2n) is 7.48. The predicted octanol–water partition coefficient (Wildman–Crippen LogP) is 4.05. The molecule has 1 aliphatic heterocycles. The number of amides is 1. The normalized spacial score (nSPS) is 18.1. The van der Waals surface area contributed by atoms with Crippen LogP contribution < -0.4 is 10.1 Å². The lowest BCUT2D eigenvalue weighted by Crippen LogP contribution is -2.52. The third-order valence-electron chi connectivity index (χ3n) is 5.02. The number of sulfone groups is 1. The van der Waals surface area contributed by atoms with Gasteiger partial charge in [0.05, 0.1) is 10.5 Å². The van der Waals surface area contributed by atoms with Crippen LogP contribution in [-0.4, -0.2) is 26.3 Å². The highest BCUT2D eigenvalue weighted by atomic mass is 32.2. The van der Waals surface area contributed by atoms with E-state index in [2.05, 4.69) is 5.43 Å². The van der Waals surface area contributed by atoms with Crippen molar-refractivity contribution in [2.45, 2.75) is 11.8 Å². The van der Waals surface area contributed by atoms with Crippen molar-refractivity contribution in [3.05, 3.63) is 102 Å². The number of para-hydroxylation sites is 1. The molecule has 0 fully saturated rings. The molecular formula is C24H21FN3O3S+. The third kappa shape index (κ3) is 4.23. The number of benzene rings is 3. The van der Waals surface area contributed by atoms with Gasteiger partial charge in [-0.1, -0.05) is 42.5 Å².